The Labute approximate surface area is 118 Å². The molecule has 2 unspecified atom stereocenters. The molecule has 4 heteroatoms. The molecule has 2 N–H and O–H groups in total. The van der Waals surface area contributed by atoms with Crippen molar-refractivity contribution >= 4 is 17.5 Å². The Balaban J connectivity index is 1.72. The van der Waals surface area contributed by atoms with E-state index >= 15 is 0 Å². The number of aryl methyl sites for hydroxylation is 1. The van der Waals surface area contributed by atoms with Crippen molar-refractivity contribution in [2.24, 2.45) is 17.8 Å². The first kappa shape index (κ1) is 13.2. The van der Waals surface area contributed by atoms with E-state index in [2.05, 4.69) is 10.6 Å². The smallest absolute Gasteiger partial charge is 0.251 e. The second-order valence-electron chi connectivity index (χ2n) is 6.02. The summed E-state index contributed by atoms with van der Waals surface area (Å²) < 4.78 is 0. The summed E-state index contributed by atoms with van der Waals surface area (Å²) in [5.74, 6) is 1.71. The molecule has 2 fully saturated rings. The van der Waals surface area contributed by atoms with Gasteiger partial charge in [0.15, 0.2) is 0 Å². The van der Waals surface area contributed by atoms with E-state index in [1.54, 1.807) is 19.2 Å². The van der Waals surface area contributed by atoms with Gasteiger partial charge in [-0.25, -0.2) is 0 Å². The molecule has 2 amide bonds. The molecule has 1 aromatic carbocycles. The Morgan fingerprint density at radius 3 is 2.50 bits per heavy atom. The Hall–Kier alpha value is -1.84. The highest BCUT2D eigenvalue weighted by Gasteiger charge is 2.48. The van der Waals surface area contributed by atoms with Crippen LogP contribution >= 0.6 is 0 Å². The van der Waals surface area contributed by atoms with Gasteiger partial charge < -0.3 is 10.6 Å². The normalized spacial score (nSPS) is 26.8. The number of anilines is 1. The molecule has 0 spiro atoms. The Morgan fingerprint density at radius 1 is 1.15 bits per heavy atom. The van der Waals surface area contributed by atoms with Gasteiger partial charge in [0.05, 0.1) is 0 Å². The molecule has 3 rings (SSSR count). The lowest BCUT2D eigenvalue weighted by atomic mass is 10.0. The minimum Gasteiger partial charge on any atom is -0.355 e. The number of fused-ring (bicyclic) bond motifs is 1. The van der Waals surface area contributed by atoms with Gasteiger partial charge in [-0.05, 0) is 55.7 Å². The largest absolute Gasteiger partial charge is 0.355 e. The molecule has 2 atom stereocenters. The van der Waals surface area contributed by atoms with E-state index in [9.17, 15) is 9.59 Å². The fourth-order valence-corrected chi connectivity index (χ4v) is 3.21. The van der Waals surface area contributed by atoms with Crippen molar-refractivity contribution in [2.75, 3.05) is 12.4 Å². The molecule has 0 bridgehead atoms. The summed E-state index contributed by atoms with van der Waals surface area (Å²) in [5, 5.41) is 5.59. The minimum atomic E-state index is -0.136. The summed E-state index contributed by atoms with van der Waals surface area (Å²) in [6, 6.07) is 5.39. The lowest BCUT2D eigenvalue weighted by molar-refractivity contribution is -0.120. The van der Waals surface area contributed by atoms with Gasteiger partial charge in [-0.2, -0.15) is 0 Å². The second kappa shape index (κ2) is 4.93. The SMILES string of the molecule is CNC(=O)c1ccc(C)c(NC(=O)C2CC3CC3C2)c1. The molecule has 0 heterocycles. The van der Waals surface area contributed by atoms with Crippen molar-refractivity contribution < 1.29 is 9.59 Å². The summed E-state index contributed by atoms with van der Waals surface area (Å²) in [6.45, 7) is 1.94. The summed E-state index contributed by atoms with van der Waals surface area (Å²) >= 11 is 0. The van der Waals surface area contributed by atoms with Gasteiger partial charge in [-0.15, -0.1) is 0 Å². The van der Waals surface area contributed by atoms with Gasteiger partial charge in [-0.3, -0.25) is 9.59 Å². The van der Waals surface area contributed by atoms with Crippen LogP contribution in [-0.2, 0) is 4.79 Å². The molecule has 0 aromatic heterocycles. The third-order valence-corrected chi connectivity index (χ3v) is 4.60. The summed E-state index contributed by atoms with van der Waals surface area (Å²) in [4.78, 5) is 23.9. The first-order valence-electron chi connectivity index (χ1n) is 7.22. The van der Waals surface area contributed by atoms with Gasteiger partial charge >= 0.3 is 0 Å². The van der Waals surface area contributed by atoms with Crippen molar-refractivity contribution in [2.45, 2.75) is 26.2 Å². The van der Waals surface area contributed by atoms with Crippen molar-refractivity contribution in [1.29, 1.82) is 0 Å². The maximum Gasteiger partial charge on any atom is 0.251 e. The summed E-state index contributed by atoms with van der Waals surface area (Å²) in [5.41, 5.74) is 2.30. The first-order chi connectivity index (χ1) is 9.58. The molecule has 2 saturated carbocycles. The molecule has 20 heavy (non-hydrogen) atoms. The van der Waals surface area contributed by atoms with Gasteiger partial charge in [0.25, 0.3) is 5.91 Å². The van der Waals surface area contributed by atoms with Crippen LogP contribution in [0.5, 0.6) is 0 Å². The van der Waals surface area contributed by atoms with Gasteiger partial charge in [0, 0.05) is 24.2 Å². The van der Waals surface area contributed by atoms with Crippen molar-refractivity contribution in [3.8, 4) is 0 Å². The van der Waals surface area contributed by atoms with Gasteiger partial charge in [0.2, 0.25) is 5.91 Å². The Kier molecular flexibility index (Phi) is 3.24. The topological polar surface area (TPSA) is 58.2 Å². The molecule has 2 aliphatic rings. The van der Waals surface area contributed by atoms with Crippen LogP contribution in [0.2, 0.25) is 0 Å². The fourth-order valence-electron chi connectivity index (χ4n) is 3.21. The zero-order valence-corrected chi connectivity index (χ0v) is 11.9. The van der Waals surface area contributed by atoms with Crippen LogP contribution in [0.4, 0.5) is 5.69 Å². The number of nitrogens with one attached hydrogen (secondary N) is 2. The molecular weight excluding hydrogens is 252 g/mol. The van der Waals surface area contributed by atoms with Gasteiger partial charge in [-0.1, -0.05) is 6.07 Å². The standard InChI is InChI=1S/C16H20N2O2/c1-9-3-4-10(15(19)17-2)8-14(9)18-16(20)13-6-11-5-12(11)7-13/h3-4,8,11-13H,5-7H2,1-2H3,(H,17,19)(H,18,20). The van der Waals surface area contributed by atoms with Crippen LogP contribution in [-0.4, -0.2) is 18.9 Å². The number of benzene rings is 1. The number of amides is 2. The molecule has 2 aliphatic carbocycles. The maximum absolute atomic E-state index is 12.3. The van der Waals surface area contributed by atoms with E-state index in [1.807, 2.05) is 13.0 Å². The third kappa shape index (κ3) is 2.42. The van der Waals surface area contributed by atoms with E-state index in [1.165, 1.54) is 6.42 Å². The van der Waals surface area contributed by atoms with Crippen LogP contribution < -0.4 is 10.6 Å². The minimum absolute atomic E-state index is 0.106. The quantitative estimate of drug-likeness (QED) is 0.887. The average molecular weight is 272 g/mol. The highest BCUT2D eigenvalue weighted by molar-refractivity contribution is 5.98. The molecule has 1 aromatic rings. The van der Waals surface area contributed by atoms with Crippen LogP contribution in [0.25, 0.3) is 0 Å². The molecule has 0 aliphatic heterocycles. The number of hydrogen-bond acceptors (Lipinski definition) is 2. The zero-order valence-electron chi connectivity index (χ0n) is 11.9. The van der Waals surface area contributed by atoms with E-state index < -0.39 is 0 Å². The number of carbonyl (C=O) groups is 2. The average Bonchev–Trinajstić information content (AvgIpc) is 3.06. The predicted molar refractivity (Wildman–Crippen MR) is 77.5 cm³/mol. The summed E-state index contributed by atoms with van der Waals surface area (Å²) in [6.07, 6.45) is 3.38. The number of rotatable bonds is 3. The fraction of sp³-hybridized carbons (Fsp3) is 0.500. The van der Waals surface area contributed by atoms with Crippen LogP contribution in [0.3, 0.4) is 0 Å². The van der Waals surface area contributed by atoms with E-state index in [-0.39, 0.29) is 17.7 Å². The van der Waals surface area contributed by atoms with Gasteiger partial charge in [0.1, 0.15) is 0 Å². The highest BCUT2D eigenvalue weighted by atomic mass is 16.2. The van der Waals surface area contributed by atoms with Crippen molar-refractivity contribution in [3.05, 3.63) is 29.3 Å². The lowest BCUT2D eigenvalue weighted by Gasteiger charge is -2.14. The number of hydrogen-bond donors (Lipinski definition) is 2. The molecule has 0 saturated heterocycles. The third-order valence-electron chi connectivity index (χ3n) is 4.60. The Morgan fingerprint density at radius 2 is 1.85 bits per heavy atom. The summed E-state index contributed by atoms with van der Waals surface area (Å²) in [7, 11) is 1.60. The highest BCUT2D eigenvalue weighted by Crippen LogP contribution is 2.54. The van der Waals surface area contributed by atoms with E-state index in [4.69, 9.17) is 0 Å². The van der Waals surface area contributed by atoms with E-state index in [0.29, 0.717) is 5.56 Å². The van der Waals surface area contributed by atoms with Crippen LogP contribution in [0, 0.1) is 24.7 Å². The molecular formula is C16H20N2O2. The first-order valence-corrected chi connectivity index (χ1v) is 7.22. The lowest BCUT2D eigenvalue weighted by Crippen LogP contribution is -2.23. The molecule has 0 radical (unpaired) electrons. The van der Waals surface area contributed by atoms with Crippen molar-refractivity contribution in [3.63, 3.8) is 0 Å². The maximum atomic E-state index is 12.3. The number of carbonyl (C=O) groups excluding carboxylic acids is 2. The second-order valence-corrected chi connectivity index (χ2v) is 6.02. The zero-order chi connectivity index (χ0) is 14.3. The monoisotopic (exact) mass is 272 g/mol. The van der Waals surface area contributed by atoms with E-state index in [0.717, 1.165) is 35.9 Å². The van der Waals surface area contributed by atoms with Crippen molar-refractivity contribution in [1.82, 2.24) is 5.32 Å². The predicted octanol–water partition coefficient (Wildman–Crippen LogP) is 2.34. The van der Waals surface area contributed by atoms with Crippen LogP contribution in [0.15, 0.2) is 18.2 Å². The van der Waals surface area contributed by atoms with Crippen LogP contribution in [0.1, 0.15) is 35.2 Å². The molecule has 4 nitrogen and oxygen atoms in total. The Bertz CT molecular complexity index is 558. The molecule has 106 valence electrons.